The number of hydrogen-bond donors (Lipinski definition) is 2. The van der Waals surface area contributed by atoms with Gasteiger partial charge in [0.05, 0.1) is 15.3 Å². The molecule has 1 aliphatic heterocycles. The fourth-order valence-corrected chi connectivity index (χ4v) is 2.38. The number of hydrogen-bond acceptors (Lipinski definition) is 4. The van der Waals surface area contributed by atoms with Crippen LogP contribution in [0.3, 0.4) is 0 Å². The molecule has 0 aromatic heterocycles. The Bertz CT molecular complexity index is 486. The van der Waals surface area contributed by atoms with Crippen LogP contribution in [0.25, 0.3) is 0 Å². The van der Waals surface area contributed by atoms with Crippen molar-refractivity contribution >= 4 is 33.2 Å². The molecule has 1 aromatic rings. The third-order valence-electron chi connectivity index (χ3n) is 2.84. The summed E-state index contributed by atoms with van der Waals surface area (Å²) in [5.74, 6) is -0.0836. The first-order valence-electron chi connectivity index (χ1n) is 5.53. The van der Waals surface area contributed by atoms with E-state index in [0.717, 1.165) is 13.0 Å². The van der Waals surface area contributed by atoms with Crippen LogP contribution in [-0.4, -0.2) is 23.9 Å². The summed E-state index contributed by atoms with van der Waals surface area (Å²) in [6, 6.07) is 4.44. The summed E-state index contributed by atoms with van der Waals surface area (Å²) < 4.78 is 0.356. The molecule has 1 atom stereocenters. The van der Waals surface area contributed by atoms with Crippen LogP contribution in [0.1, 0.15) is 6.42 Å². The normalized spacial score (nSPS) is 18.6. The van der Waals surface area contributed by atoms with Gasteiger partial charge in [-0.1, -0.05) is 0 Å². The number of carbonyl (C=O) groups is 1. The fraction of sp³-hybridized carbons (Fsp3) is 0.364. The predicted octanol–water partition coefficient (Wildman–Crippen LogP) is 1.91. The lowest BCUT2D eigenvalue weighted by atomic mass is 10.1. The Morgan fingerprint density at radius 2 is 2.33 bits per heavy atom. The van der Waals surface area contributed by atoms with Gasteiger partial charge in [0.2, 0.25) is 5.91 Å². The molecule has 6 nitrogen and oxygen atoms in total. The van der Waals surface area contributed by atoms with Crippen molar-refractivity contribution in [1.82, 2.24) is 5.32 Å². The quantitative estimate of drug-likeness (QED) is 0.659. The molecule has 0 bridgehead atoms. The minimum Gasteiger partial charge on any atom is -0.326 e. The van der Waals surface area contributed by atoms with Crippen LogP contribution in [0.15, 0.2) is 22.7 Å². The van der Waals surface area contributed by atoms with Gasteiger partial charge in [0.25, 0.3) is 5.69 Å². The highest BCUT2D eigenvalue weighted by atomic mass is 79.9. The van der Waals surface area contributed by atoms with Crippen molar-refractivity contribution in [1.29, 1.82) is 0 Å². The van der Waals surface area contributed by atoms with Gasteiger partial charge in [-0.2, -0.15) is 0 Å². The number of anilines is 1. The van der Waals surface area contributed by atoms with E-state index in [1.165, 1.54) is 12.1 Å². The number of nitrogens with zero attached hydrogens (tertiary/aromatic N) is 1. The van der Waals surface area contributed by atoms with Crippen LogP contribution in [0, 0.1) is 16.0 Å². The molecule has 18 heavy (non-hydrogen) atoms. The van der Waals surface area contributed by atoms with Crippen LogP contribution in [0.2, 0.25) is 0 Å². The Balaban J connectivity index is 2.07. The second kappa shape index (κ2) is 5.45. The number of rotatable bonds is 3. The first kappa shape index (κ1) is 13.0. The Morgan fingerprint density at radius 3 is 2.89 bits per heavy atom. The minimum atomic E-state index is -0.476. The van der Waals surface area contributed by atoms with Crippen LogP contribution in [0.5, 0.6) is 0 Å². The molecule has 0 spiro atoms. The van der Waals surface area contributed by atoms with Crippen LogP contribution >= 0.6 is 15.9 Å². The number of benzene rings is 1. The molecule has 1 heterocycles. The Morgan fingerprint density at radius 1 is 1.56 bits per heavy atom. The average molecular weight is 314 g/mol. The number of carbonyl (C=O) groups excluding carboxylic acids is 1. The Labute approximate surface area is 112 Å². The molecule has 1 amide bonds. The second-order valence-corrected chi connectivity index (χ2v) is 4.96. The van der Waals surface area contributed by atoms with E-state index < -0.39 is 4.92 Å². The number of nitrogens with one attached hydrogen (secondary N) is 2. The lowest BCUT2D eigenvalue weighted by Gasteiger charge is -2.10. The first-order chi connectivity index (χ1) is 8.58. The summed E-state index contributed by atoms with van der Waals surface area (Å²) in [6.07, 6.45) is 0.819. The van der Waals surface area contributed by atoms with Crippen molar-refractivity contribution in [3.63, 3.8) is 0 Å². The van der Waals surface area contributed by atoms with E-state index in [1.807, 2.05) is 0 Å². The SMILES string of the molecule is O=C(Nc1ccc([N+](=O)[O-])c(Br)c1)C1CCNC1. The monoisotopic (exact) mass is 313 g/mol. The zero-order chi connectivity index (χ0) is 13.1. The number of nitro groups is 1. The molecule has 0 radical (unpaired) electrons. The summed E-state index contributed by atoms with van der Waals surface area (Å²) in [4.78, 5) is 22.0. The predicted molar refractivity (Wildman–Crippen MR) is 70.4 cm³/mol. The maximum atomic E-state index is 11.8. The molecule has 2 N–H and O–H groups in total. The summed E-state index contributed by atoms with van der Waals surface area (Å²) in [6.45, 7) is 1.53. The third kappa shape index (κ3) is 2.85. The van der Waals surface area contributed by atoms with Gasteiger partial charge in [0, 0.05) is 18.3 Å². The highest BCUT2D eigenvalue weighted by Gasteiger charge is 2.22. The molecule has 0 aliphatic carbocycles. The van der Waals surface area contributed by atoms with E-state index in [-0.39, 0.29) is 17.5 Å². The smallest absolute Gasteiger partial charge is 0.283 e. The van der Waals surface area contributed by atoms with Crippen molar-refractivity contribution in [3.8, 4) is 0 Å². The van der Waals surface area contributed by atoms with Gasteiger partial charge in [0.15, 0.2) is 0 Å². The highest BCUT2D eigenvalue weighted by molar-refractivity contribution is 9.10. The lowest BCUT2D eigenvalue weighted by Crippen LogP contribution is -2.24. The molecule has 7 heteroatoms. The van der Waals surface area contributed by atoms with Gasteiger partial charge >= 0.3 is 0 Å². The zero-order valence-corrected chi connectivity index (χ0v) is 11.1. The zero-order valence-electron chi connectivity index (χ0n) is 9.48. The maximum absolute atomic E-state index is 11.8. The maximum Gasteiger partial charge on any atom is 0.283 e. The van der Waals surface area contributed by atoms with E-state index in [4.69, 9.17) is 0 Å². The fourth-order valence-electron chi connectivity index (χ4n) is 1.86. The second-order valence-electron chi connectivity index (χ2n) is 4.10. The summed E-state index contributed by atoms with van der Waals surface area (Å²) in [5.41, 5.74) is 0.542. The van der Waals surface area contributed by atoms with E-state index in [0.29, 0.717) is 16.7 Å². The van der Waals surface area contributed by atoms with Crippen LogP contribution in [0.4, 0.5) is 11.4 Å². The van der Waals surface area contributed by atoms with Gasteiger partial charge in [0.1, 0.15) is 0 Å². The van der Waals surface area contributed by atoms with Crippen molar-refractivity contribution < 1.29 is 9.72 Å². The van der Waals surface area contributed by atoms with E-state index >= 15 is 0 Å². The molecule has 1 aromatic carbocycles. The summed E-state index contributed by atoms with van der Waals surface area (Å²) in [5, 5.41) is 16.5. The van der Waals surface area contributed by atoms with E-state index in [1.54, 1.807) is 6.07 Å². The minimum absolute atomic E-state index is 0.0180. The average Bonchev–Trinajstić information content (AvgIpc) is 2.81. The molecule has 1 unspecified atom stereocenters. The Kier molecular flexibility index (Phi) is 3.93. The molecule has 1 fully saturated rings. The summed E-state index contributed by atoms with van der Waals surface area (Å²) in [7, 11) is 0. The van der Waals surface area contributed by atoms with Gasteiger partial charge in [-0.15, -0.1) is 0 Å². The van der Waals surface area contributed by atoms with E-state index in [2.05, 4.69) is 26.6 Å². The third-order valence-corrected chi connectivity index (χ3v) is 3.48. The lowest BCUT2D eigenvalue weighted by molar-refractivity contribution is -0.385. The number of halogens is 1. The number of amides is 1. The van der Waals surface area contributed by atoms with Crippen LogP contribution < -0.4 is 10.6 Å². The van der Waals surface area contributed by atoms with Crippen LogP contribution in [-0.2, 0) is 4.79 Å². The van der Waals surface area contributed by atoms with Gasteiger partial charge in [-0.3, -0.25) is 14.9 Å². The molecular weight excluding hydrogens is 302 g/mol. The molecule has 0 saturated carbocycles. The van der Waals surface area contributed by atoms with E-state index in [9.17, 15) is 14.9 Å². The van der Waals surface area contributed by atoms with Crippen molar-refractivity contribution in [3.05, 3.63) is 32.8 Å². The standard InChI is InChI=1S/C11H12BrN3O3/c12-9-5-8(1-2-10(9)15(17)18)14-11(16)7-3-4-13-6-7/h1-2,5,7,13H,3-4,6H2,(H,14,16). The van der Waals surface area contributed by atoms with Gasteiger partial charge in [-0.25, -0.2) is 0 Å². The summed E-state index contributed by atoms with van der Waals surface area (Å²) >= 11 is 3.12. The molecule has 96 valence electrons. The highest BCUT2D eigenvalue weighted by Crippen LogP contribution is 2.28. The van der Waals surface area contributed by atoms with Gasteiger partial charge in [-0.05, 0) is 41.0 Å². The molecule has 1 aliphatic rings. The largest absolute Gasteiger partial charge is 0.326 e. The Hall–Kier alpha value is -1.47. The van der Waals surface area contributed by atoms with Crippen molar-refractivity contribution in [2.24, 2.45) is 5.92 Å². The topological polar surface area (TPSA) is 84.3 Å². The van der Waals surface area contributed by atoms with Gasteiger partial charge < -0.3 is 10.6 Å². The van der Waals surface area contributed by atoms with Crippen molar-refractivity contribution in [2.75, 3.05) is 18.4 Å². The first-order valence-corrected chi connectivity index (χ1v) is 6.33. The van der Waals surface area contributed by atoms with Crippen molar-refractivity contribution in [2.45, 2.75) is 6.42 Å². The molecule has 1 saturated heterocycles. The number of nitro benzene ring substituents is 1. The molecule has 2 rings (SSSR count). The molecular formula is C11H12BrN3O3.